The van der Waals surface area contributed by atoms with E-state index in [0.717, 1.165) is 27.3 Å². The van der Waals surface area contributed by atoms with Crippen LogP contribution in [-0.4, -0.2) is 15.8 Å². The molecular weight excluding hydrogens is 350 g/mol. The fourth-order valence-corrected chi connectivity index (χ4v) is 3.22. The van der Waals surface area contributed by atoms with E-state index in [1.165, 1.54) is 24.1 Å². The molecule has 1 heterocycles. The molecule has 0 radical (unpaired) electrons. The standard InChI is InChI=1S/C16H19BrClN3/c1-10-15(8-19-14-5-6-14)11(2)21(20-10)9-12-3-4-13(17)7-16(12)18/h3-4,7,14,19H,5-6,8-9H2,1-2H3. The van der Waals surface area contributed by atoms with Gasteiger partial charge in [0, 0.05) is 33.3 Å². The molecule has 21 heavy (non-hydrogen) atoms. The van der Waals surface area contributed by atoms with Crippen molar-refractivity contribution < 1.29 is 0 Å². The van der Waals surface area contributed by atoms with Gasteiger partial charge in [0.2, 0.25) is 0 Å². The highest BCUT2D eigenvalue weighted by Gasteiger charge is 2.21. The minimum Gasteiger partial charge on any atom is -0.310 e. The van der Waals surface area contributed by atoms with Gasteiger partial charge in [-0.3, -0.25) is 4.68 Å². The van der Waals surface area contributed by atoms with Gasteiger partial charge in [0.1, 0.15) is 0 Å². The maximum Gasteiger partial charge on any atom is 0.0677 e. The van der Waals surface area contributed by atoms with Crippen LogP contribution in [0.25, 0.3) is 0 Å². The minimum atomic E-state index is 0.711. The average molecular weight is 369 g/mol. The summed E-state index contributed by atoms with van der Waals surface area (Å²) in [6, 6.07) is 6.71. The Morgan fingerprint density at radius 3 is 2.81 bits per heavy atom. The molecule has 2 aromatic rings. The summed E-state index contributed by atoms with van der Waals surface area (Å²) >= 11 is 9.74. The lowest BCUT2D eigenvalue weighted by molar-refractivity contribution is 0.652. The zero-order chi connectivity index (χ0) is 15.0. The molecule has 0 spiro atoms. The first kappa shape index (κ1) is 15.1. The Hall–Kier alpha value is -0.840. The van der Waals surface area contributed by atoms with Crippen molar-refractivity contribution >= 4 is 27.5 Å². The molecule has 1 aliphatic carbocycles. The van der Waals surface area contributed by atoms with E-state index in [-0.39, 0.29) is 0 Å². The molecule has 1 aliphatic rings. The number of hydrogen-bond donors (Lipinski definition) is 1. The number of aryl methyl sites for hydroxylation is 1. The van der Waals surface area contributed by atoms with Crippen molar-refractivity contribution in [2.45, 2.75) is 45.8 Å². The lowest BCUT2D eigenvalue weighted by Gasteiger charge is -2.08. The second kappa shape index (κ2) is 6.11. The third-order valence-electron chi connectivity index (χ3n) is 4.01. The summed E-state index contributed by atoms with van der Waals surface area (Å²) in [4.78, 5) is 0. The van der Waals surface area contributed by atoms with Crippen LogP contribution in [0.1, 0.15) is 35.4 Å². The number of nitrogens with zero attached hydrogens (tertiary/aromatic N) is 2. The quantitative estimate of drug-likeness (QED) is 0.856. The molecule has 1 saturated carbocycles. The van der Waals surface area contributed by atoms with E-state index in [0.29, 0.717) is 12.6 Å². The largest absolute Gasteiger partial charge is 0.310 e. The highest BCUT2D eigenvalue weighted by Crippen LogP contribution is 2.24. The normalized spacial score (nSPS) is 14.7. The molecule has 0 aliphatic heterocycles. The molecule has 3 nitrogen and oxygen atoms in total. The number of aromatic nitrogens is 2. The predicted molar refractivity (Wildman–Crippen MR) is 89.8 cm³/mol. The fraction of sp³-hybridized carbons (Fsp3) is 0.438. The van der Waals surface area contributed by atoms with Crippen LogP contribution in [0.3, 0.4) is 0 Å². The molecule has 0 saturated heterocycles. The summed E-state index contributed by atoms with van der Waals surface area (Å²) in [5.41, 5.74) is 4.73. The molecule has 1 aromatic carbocycles. The monoisotopic (exact) mass is 367 g/mol. The van der Waals surface area contributed by atoms with E-state index in [1.807, 2.05) is 22.9 Å². The summed E-state index contributed by atoms with van der Waals surface area (Å²) in [6.07, 6.45) is 2.61. The number of nitrogens with one attached hydrogen (secondary N) is 1. The lowest BCUT2D eigenvalue weighted by Crippen LogP contribution is -2.16. The zero-order valence-corrected chi connectivity index (χ0v) is 14.6. The van der Waals surface area contributed by atoms with Gasteiger partial charge in [-0.25, -0.2) is 0 Å². The van der Waals surface area contributed by atoms with Crippen molar-refractivity contribution in [3.8, 4) is 0 Å². The van der Waals surface area contributed by atoms with Gasteiger partial charge in [0.15, 0.2) is 0 Å². The first-order valence-corrected chi connectivity index (χ1v) is 8.42. The van der Waals surface area contributed by atoms with Crippen LogP contribution < -0.4 is 5.32 Å². The number of rotatable bonds is 5. The van der Waals surface area contributed by atoms with E-state index in [2.05, 4.69) is 40.2 Å². The Labute approximate surface area is 138 Å². The second-order valence-electron chi connectivity index (χ2n) is 5.70. The van der Waals surface area contributed by atoms with Crippen molar-refractivity contribution in [2.75, 3.05) is 0 Å². The first-order chi connectivity index (χ1) is 10.0. The van der Waals surface area contributed by atoms with Crippen LogP contribution in [0.4, 0.5) is 0 Å². The smallest absolute Gasteiger partial charge is 0.0677 e. The van der Waals surface area contributed by atoms with Crippen molar-refractivity contribution in [1.82, 2.24) is 15.1 Å². The van der Waals surface area contributed by atoms with E-state index in [4.69, 9.17) is 11.6 Å². The van der Waals surface area contributed by atoms with Crippen molar-refractivity contribution in [3.63, 3.8) is 0 Å². The molecule has 3 rings (SSSR count). The average Bonchev–Trinajstić information content (AvgIpc) is 3.20. The molecule has 112 valence electrons. The van der Waals surface area contributed by atoms with Crippen molar-refractivity contribution in [3.05, 3.63) is 50.2 Å². The Bertz CT molecular complexity index is 662. The maximum absolute atomic E-state index is 6.31. The van der Waals surface area contributed by atoms with Gasteiger partial charge in [-0.2, -0.15) is 5.10 Å². The van der Waals surface area contributed by atoms with Gasteiger partial charge in [0.25, 0.3) is 0 Å². The van der Waals surface area contributed by atoms with Crippen LogP contribution in [0, 0.1) is 13.8 Å². The van der Waals surface area contributed by atoms with Gasteiger partial charge < -0.3 is 5.32 Å². The Kier molecular flexibility index (Phi) is 4.38. The summed E-state index contributed by atoms with van der Waals surface area (Å²) in [5, 5.41) is 9.01. The van der Waals surface area contributed by atoms with Crippen molar-refractivity contribution in [2.24, 2.45) is 0 Å². The van der Waals surface area contributed by atoms with E-state index in [1.54, 1.807) is 0 Å². The first-order valence-electron chi connectivity index (χ1n) is 7.25. The van der Waals surface area contributed by atoms with Gasteiger partial charge in [0.05, 0.1) is 12.2 Å². The lowest BCUT2D eigenvalue weighted by atomic mass is 10.2. The summed E-state index contributed by atoms with van der Waals surface area (Å²) < 4.78 is 3.05. The van der Waals surface area contributed by atoms with Crippen LogP contribution in [0.15, 0.2) is 22.7 Å². The fourth-order valence-electron chi connectivity index (χ4n) is 2.49. The topological polar surface area (TPSA) is 29.9 Å². The number of benzene rings is 1. The maximum atomic E-state index is 6.31. The van der Waals surface area contributed by atoms with Gasteiger partial charge in [-0.05, 0) is 44.4 Å². The predicted octanol–water partition coefficient (Wildman–Crippen LogP) is 4.22. The zero-order valence-electron chi connectivity index (χ0n) is 12.3. The summed E-state index contributed by atoms with van der Waals surface area (Å²) in [7, 11) is 0. The van der Waals surface area contributed by atoms with Crippen LogP contribution in [0.5, 0.6) is 0 Å². The molecule has 0 amide bonds. The van der Waals surface area contributed by atoms with E-state index in [9.17, 15) is 0 Å². The Morgan fingerprint density at radius 1 is 1.38 bits per heavy atom. The van der Waals surface area contributed by atoms with Gasteiger partial charge in [-0.15, -0.1) is 0 Å². The van der Waals surface area contributed by atoms with E-state index >= 15 is 0 Å². The SMILES string of the molecule is Cc1nn(Cc2ccc(Br)cc2Cl)c(C)c1CNC1CC1. The molecule has 5 heteroatoms. The highest BCUT2D eigenvalue weighted by molar-refractivity contribution is 9.10. The van der Waals surface area contributed by atoms with Crippen molar-refractivity contribution in [1.29, 1.82) is 0 Å². The van der Waals surface area contributed by atoms with Crippen LogP contribution in [-0.2, 0) is 13.1 Å². The minimum absolute atomic E-state index is 0.711. The third kappa shape index (κ3) is 3.50. The molecule has 0 atom stereocenters. The van der Waals surface area contributed by atoms with E-state index < -0.39 is 0 Å². The molecule has 0 unspecified atom stereocenters. The molecular formula is C16H19BrClN3. The summed E-state index contributed by atoms with van der Waals surface area (Å²) in [5.74, 6) is 0. The molecule has 1 N–H and O–H groups in total. The van der Waals surface area contributed by atoms with Gasteiger partial charge >= 0.3 is 0 Å². The highest BCUT2D eigenvalue weighted by atomic mass is 79.9. The Balaban J connectivity index is 1.79. The second-order valence-corrected chi connectivity index (χ2v) is 7.02. The molecule has 1 fully saturated rings. The molecule has 1 aromatic heterocycles. The van der Waals surface area contributed by atoms with Gasteiger partial charge in [-0.1, -0.05) is 33.6 Å². The van der Waals surface area contributed by atoms with Crippen LogP contribution >= 0.6 is 27.5 Å². The summed E-state index contributed by atoms with van der Waals surface area (Å²) in [6.45, 7) is 5.84. The Morgan fingerprint density at radius 2 is 2.14 bits per heavy atom. The number of halogens is 2. The number of hydrogen-bond acceptors (Lipinski definition) is 2. The third-order valence-corrected chi connectivity index (χ3v) is 4.86. The van der Waals surface area contributed by atoms with Crippen LogP contribution in [0.2, 0.25) is 5.02 Å². The molecule has 0 bridgehead atoms.